The monoisotopic (exact) mass is 217 g/mol. The molecule has 0 atom stereocenters. The fourth-order valence-corrected chi connectivity index (χ4v) is 1.54. The van der Waals surface area contributed by atoms with Gasteiger partial charge in [0.2, 0.25) is 0 Å². The highest BCUT2D eigenvalue weighted by molar-refractivity contribution is 7.80. The lowest BCUT2D eigenvalue weighted by Gasteiger charge is -2.04. The van der Waals surface area contributed by atoms with E-state index >= 15 is 0 Å². The normalized spacial score (nSPS) is 10.1. The van der Waals surface area contributed by atoms with Gasteiger partial charge < -0.3 is 10.3 Å². The molecule has 0 aliphatic rings. The fourth-order valence-electron chi connectivity index (χ4n) is 1.41. The summed E-state index contributed by atoms with van der Waals surface area (Å²) in [6, 6.07) is 7.92. The van der Waals surface area contributed by atoms with Crippen LogP contribution in [0.1, 0.15) is 11.1 Å². The molecule has 0 saturated carbocycles. The standard InChI is InChI=1S/C11H11N3S/c12-11(15)10-3-1-2-9(6-10)7-14-5-4-13-8-14/h1-6,8H,7H2,(H2,12,15). The maximum absolute atomic E-state index is 5.57. The third-order valence-corrected chi connectivity index (χ3v) is 2.37. The summed E-state index contributed by atoms with van der Waals surface area (Å²) in [5, 5.41) is 0. The molecule has 2 aromatic rings. The van der Waals surface area contributed by atoms with Gasteiger partial charge in [-0.05, 0) is 11.6 Å². The van der Waals surface area contributed by atoms with Crippen LogP contribution in [0, 0.1) is 0 Å². The molecule has 0 radical (unpaired) electrons. The third-order valence-electron chi connectivity index (χ3n) is 2.14. The lowest BCUT2D eigenvalue weighted by Crippen LogP contribution is -2.09. The Balaban J connectivity index is 2.22. The third kappa shape index (κ3) is 2.41. The first kappa shape index (κ1) is 9.86. The molecule has 4 heteroatoms. The van der Waals surface area contributed by atoms with Gasteiger partial charge in [0.1, 0.15) is 4.99 Å². The van der Waals surface area contributed by atoms with E-state index in [2.05, 4.69) is 4.98 Å². The van der Waals surface area contributed by atoms with Crippen LogP contribution in [0.15, 0.2) is 43.0 Å². The predicted molar refractivity (Wildman–Crippen MR) is 63.7 cm³/mol. The molecule has 1 heterocycles. The van der Waals surface area contributed by atoms with E-state index < -0.39 is 0 Å². The van der Waals surface area contributed by atoms with Gasteiger partial charge in [-0.25, -0.2) is 4.98 Å². The lowest BCUT2D eigenvalue weighted by atomic mass is 10.1. The molecule has 0 amide bonds. The van der Waals surface area contributed by atoms with Crippen molar-refractivity contribution in [3.05, 3.63) is 54.1 Å². The molecule has 76 valence electrons. The molecular formula is C11H11N3S. The minimum Gasteiger partial charge on any atom is -0.389 e. The second kappa shape index (κ2) is 4.23. The van der Waals surface area contributed by atoms with Crippen LogP contribution in [0.4, 0.5) is 0 Å². The van der Waals surface area contributed by atoms with Crippen LogP contribution in [-0.4, -0.2) is 14.5 Å². The van der Waals surface area contributed by atoms with Gasteiger partial charge in [0.15, 0.2) is 0 Å². The Bertz CT molecular complexity index is 462. The van der Waals surface area contributed by atoms with E-state index in [0.29, 0.717) is 4.99 Å². The van der Waals surface area contributed by atoms with Crippen molar-refractivity contribution < 1.29 is 0 Å². The van der Waals surface area contributed by atoms with Crippen molar-refractivity contribution in [1.29, 1.82) is 0 Å². The van der Waals surface area contributed by atoms with Crippen molar-refractivity contribution in [2.45, 2.75) is 6.54 Å². The van der Waals surface area contributed by atoms with Gasteiger partial charge in [0.25, 0.3) is 0 Å². The summed E-state index contributed by atoms with van der Waals surface area (Å²) in [6.45, 7) is 0.788. The molecular weight excluding hydrogens is 206 g/mol. The number of aromatic nitrogens is 2. The molecule has 1 aromatic heterocycles. The highest BCUT2D eigenvalue weighted by Gasteiger charge is 1.98. The molecule has 1 aromatic carbocycles. The topological polar surface area (TPSA) is 43.8 Å². The first-order valence-corrected chi connectivity index (χ1v) is 5.01. The van der Waals surface area contributed by atoms with Gasteiger partial charge >= 0.3 is 0 Å². The lowest BCUT2D eigenvalue weighted by molar-refractivity contribution is 0.797. The van der Waals surface area contributed by atoms with E-state index in [1.165, 1.54) is 5.56 Å². The molecule has 2 rings (SSSR count). The van der Waals surface area contributed by atoms with E-state index in [-0.39, 0.29) is 0 Å². The van der Waals surface area contributed by atoms with Crippen molar-refractivity contribution in [3.63, 3.8) is 0 Å². The van der Waals surface area contributed by atoms with E-state index in [9.17, 15) is 0 Å². The van der Waals surface area contributed by atoms with E-state index in [1.807, 2.05) is 35.0 Å². The van der Waals surface area contributed by atoms with Crippen molar-refractivity contribution in [2.24, 2.45) is 5.73 Å². The summed E-state index contributed by atoms with van der Waals surface area (Å²) in [7, 11) is 0. The van der Waals surface area contributed by atoms with Crippen molar-refractivity contribution in [3.8, 4) is 0 Å². The Morgan fingerprint density at radius 2 is 2.33 bits per heavy atom. The Kier molecular flexibility index (Phi) is 2.78. The zero-order chi connectivity index (χ0) is 10.7. The number of imidazole rings is 1. The van der Waals surface area contributed by atoms with Crippen LogP contribution in [-0.2, 0) is 6.54 Å². The van der Waals surface area contributed by atoms with Gasteiger partial charge in [0.05, 0.1) is 6.33 Å². The highest BCUT2D eigenvalue weighted by atomic mass is 32.1. The maximum Gasteiger partial charge on any atom is 0.103 e. The summed E-state index contributed by atoms with van der Waals surface area (Å²) < 4.78 is 2.00. The van der Waals surface area contributed by atoms with Gasteiger partial charge in [-0.3, -0.25) is 0 Å². The molecule has 0 fully saturated rings. The molecule has 0 unspecified atom stereocenters. The molecule has 15 heavy (non-hydrogen) atoms. The summed E-state index contributed by atoms with van der Waals surface area (Å²) in [4.78, 5) is 4.42. The summed E-state index contributed by atoms with van der Waals surface area (Å²) >= 11 is 4.93. The van der Waals surface area contributed by atoms with Crippen LogP contribution >= 0.6 is 12.2 Å². The Labute approximate surface area is 93.6 Å². The Morgan fingerprint density at radius 1 is 1.47 bits per heavy atom. The minimum atomic E-state index is 0.433. The van der Waals surface area contributed by atoms with Crippen LogP contribution in [0.3, 0.4) is 0 Å². The first-order valence-electron chi connectivity index (χ1n) is 4.60. The van der Waals surface area contributed by atoms with E-state index in [0.717, 1.165) is 12.1 Å². The SMILES string of the molecule is NC(=S)c1cccc(Cn2ccnc2)c1. The zero-order valence-corrected chi connectivity index (χ0v) is 8.95. The summed E-state index contributed by atoms with van der Waals surface area (Å²) in [6.07, 6.45) is 5.47. The van der Waals surface area contributed by atoms with E-state index in [4.69, 9.17) is 18.0 Å². The van der Waals surface area contributed by atoms with Gasteiger partial charge in [0, 0.05) is 24.5 Å². The predicted octanol–water partition coefficient (Wildman–Crippen LogP) is 1.57. The maximum atomic E-state index is 5.57. The average Bonchev–Trinajstić information content (AvgIpc) is 2.71. The Hall–Kier alpha value is -1.68. The van der Waals surface area contributed by atoms with Gasteiger partial charge in [-0.1, -0.05) is 30.4 Å². The van der Waals surface area contributed by atoms with Gasteiger partial charge in [-0.15, -0.1) is 0 Å². The van der Waals surface area contributed by atoms with Gasteiger partial charge in [-0.2, -0.15) is 0 Å². The highest BCUT2D eigenvalue weighted by Crippen LogP contribution is 2.07. The number of thiocarbonyl (C=S) groups is 1. The number of rotatable bonds is 3. The zero-order valence-electron chi connectivity index (χ0n) is 8.13. The van der Waals surface area contributed by atoms with Crippen LogP contribution < -0.4 is 5.73 Å². The first-order chi connectivity index (χ1) is 7.25. The molecule has 2 N–H and O–H groups in total. The molecule has 3 nitrogen and oxygen atoms in total. The quantitative estimate of drug-likeness (QED) is 0.794. The molecule has 0 bridgehead atoms. The number of nitrogens with zero attached hydrogens (tertiary/aromatic N) is 2. The molecule has 0 aliphatic heterocycles. The second-order valence-corrected chi connectivity index (χ2v) is 3.74. The summed E-state index contributed by atoms with van der Waals surface area (Å²) in [5.41, 5.74) is 7.64. The number of nitrogens with two attached hydrogens (primary N) is 1. The Morgan fingerprint density at radius 3 is 3.00 bits per heavy atom. The minimum absolute atomic E-state index is 0.433. The van der Waals surface area contributed by atoms with Crippen LogP contribution in [0.5, 0.6) is 0 Å². The van der Waals surface area contributed by atoms with Crippen molar-refractivity contribution >= 4 is 17.2 Å². The second-order valence-electron chi connectivity index (χ2n) is 3.30. The summed E-state index contributed by atoms with van der Waals surface area (Å²) in [5.74, 6) is 0. The molecule has 0 aliphatic carbocycles. The van der Waals surface area contributed by atoms with Crippen molar-refractivity contribution in [1.82, 2.24) is 9.55 Å². The van der Waals surface area contributed by atoms with Crippen molar-refractivity contribution in [2.75, 3.05) is 0 Å². The smallest absolute Gasteiger partial charge is 0.103 e. The molecule has 0 spiro atoms. The van der Waals surface area contributed by atoms with E-state index in [1.54, 1.807) is 12.5 Å². The number of hydrogen-bond donors (Lipinski definition) is 1. The van der Waals surface area contributed by atoms with Crippen LogP contribution in [0.25, 0.3) is 0 Å². The van der Waals surface area contributed by atoms with Crippen LogP contribution in [0.2, 0.25) is 0 Å². The largest absolute Gasteiger partial charge is 0.389 e. The number of hydrogen-bond acceptors (Lipinski definition) is 2. The average molecular weight is 217 g/mol. The fraction of sp³-hybridized carbons (Fsp3) is 0.0909. The molecule has 0 saturated heterocycles. The number of benzene rings is 1.